The van der Waals surface area contributed by atoms with Gasteiger partial charge in [0.25, 0.3) is 0 Å². The molecule has 2 rings (SSSR count). The molecule has 0 aromatic rings. The zero-order chi connectivity index (χ0) is 6.10. The first-order valence-electron chi connectivity index (χ1n) is 2.98. The highest BCUT2D eigenvalue weighted by atomic mass is 32.2. The van der Waals surface area contributed by atoms with E-state index in [1.165, 1.54) is 11.9 Å². The normalized spacial score (nSPS) is 24.0. The minimum absolute atomic E-state index is 0.974. The summed E-state index contributed by atoms with van der Waals surface area (Å²) in [6.07, 6.45) is 3.01. The summed E-state index contributed by atoms with van der Waals surface area (Å²) in [7, 11) is 0. The van der Waals surface area contributed by atoms with Crippen molar-refractivity contribution in [2.45, 2.75) is 6.42 Å². The number of amidine groups is 1. The molecular formula is C5H7N3S. The van der Waals surface area contributed by atoms with Gasteiger partial charge in [0, 0.05) is 13.1 Å². The lowest BCUT2D eigenvalue weighted by molar-refractivity contribution is 0.575. The van der Waals surface area contributed by atoms with Crippen LogP contribution in [0, 0.1) is 0 Å². The summed E-state index contributed by atoms with van der Waals surface area (Å²) in [5.41, 5.74) is 0. The van der Waals surface area contributed by atoms with E-state index < -0.39 is 0 Å². The topological polar surface area (TPSA) is 28.0 Å². The lowest BCUT2D eigenvalue weighted by atomic mass is 10.4. The summed E-state index contributed by atoms with van der Waals surface area (Å²) in [5.74, 6) is 0. The first-order valence-corrected chi connectivity index (χ1v) is 3.76. The molecule has 0 aromatic heterocycles. The molecule has 0 fully saturated rings. The van der Waals surface area contributed by atoms with Gasteiger partial charge in [-0.1, -0.05) is 0 Å². The van der Waals surface area contributed by atoms with Crippen molar-refractivity contribution in [2.24, 2.45) is 9.39 Å². The highest BCUT2D eigenvalue weighted by Gasteiger charge is 2.17. The Kier molecular flexibility index (Phi) is 1.19. The van der Waals surface area contributed by atoms with Gasteiger partial charge in [-0.3, -0.25) is 4.99 Å². The zero-order valence-electron chi connectivity index (χ0n) is 4.95. The van der Waals surface area contributed by atoms with Crippen molar-refractivity contribution in [3.63, 3.8) is 0 Å². The third-order valence-electron chi connectivity index (χ3n) is 1.37. The highest BCUT2D eigenvalue weighted by molar-refractivity contribution is 8.13. The molecule has 0 aromatic carbocycles. The SMILES string of the molecule is C1=NSC2=NCCCN12. The minimum Gasteiger partial charge on any atom is -0.310 e. The van der Waals surface area contributed by atoms with Gasteiger partial charge in [0.15, 0.2) is 5.17 Å². The van der Waals surface area contributed by atoms with Gasteiger partial charge in [-0.2, -0.15) is 4.40 Å². The Hall–Kier alpha value is -0.510. The molecule has 2 aliphatic heterocycles. The summed E-state index contributed by atoms with van der Waals surface area (Å²) < 4.78 is 4.01. The first-order chi connectivity index (χ1) is 4.47. The maximum Gasteiger partial charge on any atom is 0.187 e. The van der Waals surface area contributed by atoms with Crippen LogP contribution in [0.1, 0.15) is 6.42 Å². The average Bonchev–Trinajstić information content (AvgIpc) is 2.33. The van der Waals surface area contributed by atoms with Crippen LogP contribution in [-0.4, -0.2) is 29.5 Å². The monoisotopic (exact) mass is 141 g/mol. The predicted octanol–water partition coefficient (Wildman–Crippen LogP) is 0.738. The molecule has 0 unspecified atom stereocenters. The summed E-state index contributed by atoms with van der Waals surface area (Å²) in [6, 6.07) is 0. The first kappa shape index (κ1) is 5.29. The van der Waals surface area contributed by atoms with Crippen LogP contribution in [0.4, 0.5) is 0 Å². The largest absolute Gasteiger partial charge is 0.310 e. The van der Waals surface area contributed by atoms with E-state index in [9.17, 15) is 0 Å². The molecule has 3 nitrogen and oxygen atoms in total. The van der Waals surface area contributed by atoms with Crippen LogP contribution in [-0.2, 0) is 0 Å². The lowest BCUT2D eigenvalue weighted by Crippen LogP contribution is -2.28. The second-order valence-electron chi connectivity index (χ2n) is 2.02. The maximum atomic E-state index is 4.27. The molecule has 0 amide bonds. The quantitative estimate of drug-likeness (QED) is 0.465. The lowest BCUT2D eigenvalue weighted by Gasteiger charge is -2.17. The average molecular weight is 141 g/mol. The van der Waals surface area contributed by atoms with Gasteiger partial charge in [-0.25, -0.2) is 0 Å². The molecule has 0 spiro atoms. The second-order valence-corrected chi connectivity index (χ2v) is 2.78. The summed E-state index contributed by atoms with van der Waals surface area (Å²) in [6.45, 7) is 2.07. The van der Waals surface area contributed by atoms with Gasteiger partial charge in [0.2, 0.25) is 0 Å². The fourth-order valence-electron chi connectivity index (χ4n) is 0.918. The van der Waals surface area contributed by atoms with Crippen molar-refractivity contribution in [1.29, 1.82) is 0 Å². The van der Waals surface area contributed by atoms with Crippen LogP contribution in [0.3, 0.4) is 0 Å². The van der Waals surface area contributed by atoms with Gasteiger partial charge < -0.3 is 4.90 Å². The molecule has 2 aliphatic rings. The van der Waals surface area contributed by atoms with Crippen molar-refractivity contribution in [3.05, 3.63) is 0 Å². The van der Waals surface area contributed by atoms with E-state index in [0.29, 0.717) is 0 Å². The molecule has 0 saturated carbocycles. The maximum absolute atomic E-state index is 4.27. The fourth-order valence-corrected chi connectivity index (χ4v) is 1.57. The Bertz CT molecular complexity index is 175. The molecule has 48 valence electrons. The minimum atomic E-state index is 0.974. The van der Waals surface area contributed by atoms with E-state index in [0.717, 1.165) is 24.7 Å². The van der Waals surface area contributed by atoms with Crippen molar-refractivity contribution in [1.82, 2.24) is 4.90 Å². The highest BCUT2D eigenvalue weighted by Crippen LogP contribution is 2.18. The molecule has 0 bridgehead atoms. The third kappa shape index (κ3) is 0.830. The van der Waals surface area contributed by atoms with Crippen molar-refractivity contribution in [3.8, 4) is 0 Å². The molecule has 9 heavy (non-hydrogen) atoms. The van der Waals surface area contributed by atoms with Crippen LogP contribution in [0.5, 0.6) is 0 Å². The van der Waals surface area contributed by atoms with Gasteiger partial charge in [-0.05, 0) is 6.42 Å². The van der Waals surface area contributed by atoms with E-state index in [1.54, 1.807) is 0 Å². The van der Waals surface area contributed by atoms with Gasteiger partial charge in [-0.15, -0.1) is 0 Å². The van der Waals surface area contributed by atoms with E-state index >= 15 is 0 Å². The summed E-state index contributed by atoms with van der Waals surface area (Å²) in [4.78, 5) is 6.36. The predicted molar refractivity (Wildman–Crippen MR) is 39.7 cm³/mol. The molecule has 0 saturated heterocycles. The standard InChI is InChI=1S/C5H7N3S/c1-2-6-5-8(3-1)4-7-9-5/h4H,1-3H2. The van der Waals surface area contributed by atoms with E-state index in [-0.39, 0.29) is 0 Å². The Labute approximate surface area is 58.0 Å². The fraction of sp³-hybridized carbons (Fsp3) is 0.600. The summed E-state index contributed by atoms with van der Waals surface area (Å²) >= 11 is 1.47. The number of nitrogens with zero attached hydrogens (tertiary/aromatic N) is 3. The Morgan fingerprint density at radius 2 is 2.67 bits per heavy atom. The molecule has 4 heteroatoms. The molecular weight excluding hydrogens is 134 g/mol. The number of hydrogen-bond acceptors (Lipinski definition) is 4. The Morgan fingerprint density at radius 1 is 1.67 bits per heavy atom. The molecule has 0 aliphatic carbocycles. The number of aliphatic imine (C=N–C) groups is 1. The van der Waals surface area contributed by atoms with Crippen LogP contribution in [0.2, 0.25) is 0 Å². The van der Waals surface area contributed by atoms with Crippen LogP contribution >= 0.6 is 11.9 Å². The third-order valence-corrected chi connectivity index (χ3v) is 2.10. The number of hydrogen-bond donors (Lipinski definition) is 0. The zero-order valence-corrected chi connectivity index (χ0v) is 5.77. The van der Waals surface area contributed by atoms with Crippen LogP contribution < -0.4 is 0 Å². The Morgan fingerprint density at radius 3 is 3.56 bits per heavy atom. The van der Waals surface area contributed by atoms with E-state index in [1.807, 2.05) is 6.34 Å². The molecule has 0 radical (unpaired) electrons. The smallest absolute Gasteiger partial charge is 0.187 e. The number of fused-ring (bicyclic) bond motifs is 1. The molecule has 0 N–H and O–H groups in total. The van der Waals surface area contributed by atoms with Crippen LogP contribution in [0.25, 0.3) is 0 Å². The van der Waals surface area contributed by atoms with Gasteiger partial charge >= 0.3 is 0 Å². The molecule has 0 atom stereocenters. The van der Waals surface area contributed by atoms with Crippen LogP contribution in [0.15, 0.2) is 9.39 Å². The van der Waals surface area contributed by atoms with Crippen molar-refractivity contribution >= 4 is 23.5 Å². The van der Waals surface area contributed by atoms with E-state index in [4.69, 9.17) is 0 Å². The number of rotatable bonds is 0. The van der Waals surface area contributed by atoms with E-state index in [2.05, 4.69) is 14.3 Å². The second kappa shape index (κ2) is 2.02. The summed E-state index contributed by atoms with van der Waals surface area (Å²) in [5, 5.41) is 1.07. The van der Waals surface area contributed by atoms with Crippen molar-refractivity contribution < 1.29 is 0 Å². The van der Waals surface area contributed by atoms with Crippen molar-refractivity contribution in [2.75, 3.05) is 13.1 Å². The Balaban J connectivity index is 2.22. The van der Waals surface area contributed by atoms with Gasteiger partial charge in [0.05, 0.1) is 11.9 Å². The van der Waals surface area contributed by atoms with Gasteiger partial charge in [0.1, 0.15) is 6.34 Å². The molecule has 2 heterocycles.